The molecule has 1 atom stereocenters. The van der Waals surface area contributed by atoms with Gasteiger partial charge in [-0.2, -0.15) is 0 Å². The summed E-state index contributed by atoms with van der Waals surface area (Å²) in [6.07, 6.45) is 0. The first kappa shape index (κ1) is 21.8. The minimum atomic E-state index is -0.0770. The van der Waals surface area contributed by atoms with Crippen LogP contribution in [0.2, 0.25) is 15.1 Å². The first-order valence-electron chi connectivity index (χ1n) is 9.87. The third kappa shape index (κ3) is 4.77. The highest BCUT2D eigenvalue weighted by molar-refractivity contribution is 6.36. The molecule has 7 heteroatoms. The van der Waals surface area contributed by atoms with E-state index < -0.39 is 0 Å². The first-order chi connectivity index (χ1) is 15.0. The number of nitrogens with zero attached hydrogens (tertiary/aromatic N) is 2. The second-order valence-corrected chi connectivity index (χ2v) is 8.62. The lowest BCUT2D eigenvalue weighted by Crippen LogP contribution is -2.50. The summed E-state index contributed by atoms with van der Waals surface area (Å²) in [5, 5.41) is 1.84. The summed E-state index contributed by atoms with van der Waals surface area (Å²) in [5.74, 6) is 0.710. The molecular formula is C24H21Cl3N2O2. The van der Waals surface area contributed by atoms with Crippen molar-refractivity contribution < 1.29 is 9.53 Å². The van der Waals surface area contributed by atoms with Gasteiger partial charge in [-0.1, -0.05) is 46.9 Å². The number of halogens is 3. The van der Waals surface area contributed by atoms with Crippen LogP contribution in [-0.4, -0.2) is 37.6 Å². The number of anilines is 1. The van der Waals surface area contributed by atoms with Gasteiger partial charge in [-0.15, -0.1) is 0 Å². The Morgan fingerprint density at radius 1 is 0.903 bits per heavy atom. The molecule has 1 heterocycles. The third-order valence-electron chi connectivity index (χ3n) is 5.48. The van der Waals surface area contributed by atoms with E-state index in [9.17, 15) is 4.79 Å². The summed E-state index contributed by atoms with van der Waals surface area (Å²) in [4.78, 5) is 17.3. The number of benzene rings is 3. The molecule has 0 N–H and O–H groups in total. The summed E-state index contributed by atoms with van der Waals surface area (Å²) < 4.78 is 5.20. The zero-order chi connectivity index (χ0) is 22.0. The fourth-order valence-electron chi connectivity index (χ4n) is 3.86. The van der Waals surface area contributed by atoms with Gasteiger partial charge in [0.25, 0.3) is 5.91 Å². The van der Waals surface area contributed by atoms with Crippen LogP contribution in [0.5, 0.6) is 5.75 Å². The van der Waals surface area contributed by atoms with Gasteiger partial charge in [0.2, 0.25) is 0 Å². The minimum absolute atomic E-state index is 0.0107. The summed E-state index contributed by atoms with van der Waals surface area (Å²) in [6, 6.07) is 20.3. The Morgan fingerprint density at radius 2 is 1.58 bits per heavy atom. The Hall–Kier alpha value is -2.40. The molecule has 160 valence electrons. The monoisotopic (exact) mass is 474 g/mol. The summed E-state index contributed by atoms with van der Waals surface area (Å²) in [7, 11) is 1.61. The number of methoxy groups -OCH3 is 1. The zero-order valence-electron chi connectivity index (χ0n) is 16.9. The Balaban J connectivity index is 1.64. The van der Waals surface area contributed by atoms with E-state index >= 15 is 0 Å². The van der Waals surface area contributed by atoms with Gasteiger partial charge in [0.05, 0.1) is 23.9 Å². The lowest BCUT2D eigenvalue weighted by Gasteiger charge is -2.43. The molecule has 0 saturated carbocycles. The van der Waals surface area contributed by atoms with Crippen molar-refractivity contribution in [3.8, 4) is 5.75 Å². The Bertz CT molecular complexity index is 1070. The van der Waals surface area contributed by atoms with Gasteiger partial charge in [0, 0.05) is 35.2 Å². The highest BCUT2D eigenvalue weighted by atomic mass is 35.5. The van der Waals surface area contributed by atoms with Gasteiger partial charge < -0.3 is 14.5 Å². The number of hydrogen-bond donors (Lipinski definition) is 0. The van der Waals surface area contributed by atoms with Crippen molar-refractivity contribution in [1.29, 1.82) is 0 Å². The van der Waals surface area contributed by atoms with E-state index in [2.05, 4.69) is 4.90 Å². The predicted octanol–water partition coefficient (Wildman–Crippen LogP) is 6.36. The molecule has 1 fully saturated rings. The van der Waals surface area contributed by atoms with E-state index in [0.29, 0.717) is 40.3 Å². The summed E-state index contributed by atoms with van der Waals surface area (Å²) >= 11 is 18.7. The lowest BCUT2D eigenvalue weighted by molar-refractivity contribution is 0.0722. The maximum Gasteiger partial charge on any atom is 0.253 e. The van der Waals surface area contributed by atoms with Crippen LogP contribution in [0.1, 0.15) is 22.0 Å². The first-order valence-corrected chi connectivity index (χ1v) is 11.0. The number of carbonyl (C=O) groups excluding carboxylic acids is 1. The van der Waals surface area contributed by atoms with Crippen molar-refractivity contribution in [3.63, 3.8) is 0 Å². The van der Waals surface area contributed by atoms with Crippen LogP contribution >= 0.6 is 34.8 Å². The Morgan fingerprint density at radius 3 is 2.23 bits per heavy atom. The SMILES string of the molecule is COc1ccc(C(=O)N2CCN(c3ccc(Cl)cc3Cl)C(c3ccc(Cl)cc3)C2)cc1. The fraction of sp³-hybridized carbons (Fsp3) is 0.208. The van der Waals surface area contributed by atoms with Crippen LogP contribution < -0.4 is 9.64 Å². The van der Waals surface area contributed by atoms with Gasteiger partial charge in [0.15, 0.2) is 0 Å². The molecule has 1 amide bonds. The van der Waals surface area contributed by atoms with Crippen molar-refractivity contribution in [2.24, 2.45) is 0 Å². The number of amides is 1. The molecule has 4 nitrogen and oxygen atoms in total. The number of rotatable bonds is 4. The standard InChI is InChI=1S/C24H21Cl3N2O2/c1-31-20-9-4-17(5-10-20)24(30)28-12-13-29(22-11-8-19(26)14-21(22)27)23(15-28)16-2-6-18(25)7-3-16/h2-11,14,23H,12-13,15H2,1H3. The second-order valence-electron chi connectivity index (χ2n) is 7.34. The van der Waals surface area contributed by atoms with Crippen LogP contribution in [-0.2, 0) is 0 Å². The van der Waals surface area contributed by atoms with Crippen molar-refractivity contribution in [2.45, 2.75) is 6.04 Å². The molecule has 0 aliphatic carbocycles. The normalized spacial score (nSPS) is 16.3. The van der Waals surface area contributed by atoms with E-state index in [1.807, 2.05) is 41.3 Å². The van der Waals surface area contributed by atoms with Crippen LogP contribution in [0.15, 0.2) is 66.7 Å². The predicted molar refractivity (Wildman–Crippen MR) is 127 cm³/mol. The van der Waals surface area contributed by atoms with Gasteiger partial charge in [-0.3, -0.25) is 4.79 Å². The molecule has 1 saturated heterocycles. The molecule has 0 spiro atoms. The van der Waals surface area contributed by atoms with E-state index in [1.54, 1.807) is 37.4 Å². The lowest BCUT2D eigenvalue weighted by atomic mass is 10.0. The van der Waals surface area contributed by atoms with E-state index in [1.165, 1.54) is 0 Å². The third-order valence-corrected chi connectivity index (χ3v) is 6.27. The molecule has 1 unspecified atom stereocenters. The Labute approximate surface area is 196 Å². The summed E-state index contributed by atoms with van der Waals surface area (Å²) in [6.45, 7) is 1.73. The molecule has 1 aliphatic rings. The molecule has 4 rings (SSSR count). The molecule has 0 bridgehead atoms. The average Bonchev–Trinajstić information content (AvgIpc) is 2.79. The smallest absolute Gasteiger partial charge is 0.253 e. The topological polar surface area (TPSA) is 32.8 Å². The van der Waals surface area contributed by atoms with Gasteiger partial charge in [-0.25, -0.2) is 0 Å². The van der Waals surface area contributed by atoms with Crippen molar-refractivity contribution >= 4 is 46.4 Å². The molecule has 3 aromatic rings. The van der Waals surface area contributed by atoms with E-state index in [4.69, 9.17) is 39.5 Å². The second kappa shape index (κ2) is 9.39. The van der Waals surface area contributed by atoms with Gasteiger partial charge in [0.1, 0.15) is 5.75 Å². The van der Waals surface area contributed by atoms with Crippen molar-refractivity contribution in [1.82, 2.24) is 4.90 Å². The minimum Gasteiger partial charge on any atom is -0.497 e. The molecule has 31 heavy (non-hydrogen) atoms. The number of ether oxygens (including phenoxy) is 1. The highest BCUT2D eigenvalue weighted by Crippen LogP contribution is 2.37. The maximum absolute atomic E-state index is 13.2. The number of piperazine rings is 1. The summed E-state index contributed by atoms with van der Waals surface area (Å²) in [5.41, 5.74) is 2.58. The van der Waals surface area contributed by atoms with Crippen LogP contribution in [0.4, 0.5) is 5.69 Å². The van der Waals surface area contributed by atoms with E-state index in [-0.39, 0.29) is 11.9 Å². The molecule has 0 radical (unpaired) electrons. The average molecular weight is 476 g/mol. The van der Waals surface area contributed by atoms with Crippen molar-refractivity contribution in [3.05, 3.63) is 92.9 Å². The highest BCUT2D eigenvalue weighted by Gasteiger charge is 2.32. The van der Waals surface area contributed by atoms with Gasteiger partial charge in [-0.05, 0) is 60.2 Å². The Kier molecular flexibility index (Phi) is 6.61. The molecular weight excluding hydrogens is 455 g/mol. The van der Waals surface area contributed by atoms with Crippen molar-refractivity contribution in [2.75, 3.05) is 31.6 Å². The van der Waals surface area contributed by atoms with Crippen LogP contribution in [0, 0.1) is 0 Å². The largest absolute Gasteiger partial charge is 0.497 e. The quantitative estimate of drug-likeness (QED) is 0.440. The maximum atomic E-state index is 13.2. The van der Waals surface area contributed by atoms with Crippen LogP contribution in [0.25, 0.3) is 0 Å². The molecule has 0 aromatic heterocycles. The van der Waals surface area contributed by atoms with Crippen LogP contribution in [0.3, 0.4) is 0 Å². The zero-order valence-corrected chi connectivity index (χ0v) is 19.2. The molecule has 3 aromatic carbocycles. The van der Waals surface area contributed by atoms with Gasteiger partial charge >= 0.3 is 0 Å². The number of carbonyl (C=O) groups is 1. The van der Waals surface area contributed by atoms with E-state index in [0.717, 1.165) is 17.0 Å². The molecule has 1 aliphatic heterocycles. The number of hydrogen-bond acceptors (Lipinski definition) is 3. The fourth-order valence-corrected chi connectivity index (χ4v) is 4.50.